The number of aromatic nitrogens is 2. The predicted octanol–water partition coefficient (Wildman–Crippen LogP) is 2.30. The van der Waals surface area contributed by atoms with E-state index >= 15 is 0 Å². The van der Waals surface area contributed by atoms with Gasteiger partial charge >= 0.3 is 0 Å². The van der Waals surface area contributed by atoms with Crippen molar-refractivity contribution in [3.8, 4) is 0 Å². The fourth-order valence-electron chi connectivity index (χ4n) is 2.71. The predicted molar refractivity (Wildman–Crippen MR) is 83.9 cm³/mol. The molecule has 0 amide bonds. The van der Waals surface area contributed by atoms with Crippen LogP contribution in [0.1, 0.15) is 37.3 Å². The second-order valence-corrected chi connectivity index (χ2v) is 6.50. The average Bonchev–Trinajstić information content (AvgIpc) is 2.87. The van der Waals surface area contributed by atoms with E-state index in [2.05, 4.69) is 30.9 Å². The van der Waals surface area contributed by atoms with Crippen LogP contribution < -0.4 is 0 Å². The molecular formula is C14H20BrFN4O2. The van der Waals surface area contributed by atoms with E-state index in [1.807, 2.05) is 13.8 Å². The van der Waals surface area contributed by atoms with Crippen LogP contribution in [0.2, 0.25) is 0 Å². The minimum absolute atomic E-state index is 0.187. The molecule has 1 saturated heterocycles. The van der Waals surface area contributed by atoms with E-state index in [1.165, 1.54) is 7.11 Å². The third-order valence-corrected chi connectivity index (χ3v) is 4.72. The molecule has 0 saturated carbocycles. The second kappa shape index (κ2) is 6.25. The van der Waals surface area contributed by atoms with Crippen molar-refractivity contribution in [2.45, 2.75) is 32.2 Å². The number of halogens is 2. The highest BCUT2D eigenvalue weighted by Gasteiger charge is 2.38. The molecule has 0 bridgehead atoms. The summed E-state index contributed by atoms with van der Waals surface area (Å²) in [6.07, 6.45) is -2.19. The van der Waals surface area contributed by atoms with Gasteiger partial charge in [0.05, 0.1) is 23.4 Å². The van der Waals surface area contributed by atoms with Crippen LogP contribution in [0.15, 0.2) is 9.47 Å². The van der Waals surface area contributed by atoms with Crippen LogP contribution in [-0.4, -0.2) is 60.3 Å². The van der Waals surface area contributed by atoms with Crippen LogP contribution >= 0.6 is 15.9 Å². The standard InChI is InChI=1S/C14H20BrFN4O2/c1-8(2)11-9(15)12-10(16)13(21-3)17-14(20(12)18-11)19-4-6-22-7-5-19/h8,10,13H,4-7H2,1-3H3. The van der Waals surface area contributed by atoms with Crippen molar-refractivity contribution in [3.63, 3.8) is 0 Å². The maximum atomic E-state index is 14.8. The first-order chi connectivity index (χ1) is 10.5. The van der Waals surface area contributed by atoms with Crippen molar-refractivity contribution in [1.29, 1.82) is 0 Å². The Balaban J connectivity index is 2.08. The quantitative estimate of drug-likeness (QED) is 0.796. The first-order valence-corrected chi connectivity index (χ1v) is 8.20. The van der Waals surface area contributed by atoms with Crippen molar-refractivity contribution in [2.24, 2.45) is 4.99 Å². The van der Waals surface area contributed by atoms with Gasteiger partial charge in [0.25, 0.3) is 0 Å². The highest BCUT2D eigenvalue weighted by molar-refractivity contribution is 9.10. The monoisotopic (exact) mass is 374 g/mol. The number of methoxy groups -OCH3 is 1. The summed E-state index contributed by atoms with van der Waals surface area (Å²) in [5.41, 5.74) is 1.31. The highest BCUT2D eigenvalue weighted by atomic mass is 79.9. The Morgan fingerprint density at radius 3 is 2.64 bits per heavy atom. The molecule has 0 radical (unpaired) electrons. The van der Waals surface area contributed by atoms with E-state index in [0.717, 1.165) is 5.69 Å². The lowest BCUT2D eigenvalue weighted by molar-refractivity contribution is 0.0252. The van der Waals surface area contributed by atoms with Gasteiger partial charge in [-0.2, -0.15) is 5.10 Å². The third kappa shape index (κ3) is 2.57. The maximum Gasteiger partial charge on any atom is 0.225 e. The smallest absolute Gasteiger partial charge is 0.225 e. The van der Waals surface area contributed by atoms with Gasteiger partial charge in [0.1, 0.15) is 5.69 Å². The van der Waals surface area contributed by atoms with E-state index in [0.29, 0.717) is 42.4 Å². The zero-order valence-corrected chi connectivity index (χ0v) is 14.5. The summed E-state index contributed by atoms with van der Waals surface area (Å²) < 4.78 is 27.7. The number of fused-ring (bicyclic) bond motifs is 1. The van der Waals surface area contributed by atoms with E-state index < -0.39 is 12.4 Å². The van der Waals surface area contributed by atoms with Gasteiger partial charge in [-0.15, -0.1) is 0 Å². The minimum Gasteiger partial charge on any atom is -0.378 e. The van der Waals surface area contributed by atoms with Gasteiger partial charge < -0.3 is 14.4 Å². The Morgan fingerprint density at radius 2 is 2.05 bits per heavy atom. The van der Waals surface area contributed by atoms with E-state index in [1.54, 1.807) is 4.68 Å². The topological polar surface area (TPSA) is 51.9 Å². The highest BCUT2D eigenvalue weighted by Crippen LogP contribution is 2.38. The number of rotatable bonds is 2. The first kappa shape index (κ1) is 15.9. The maximum absolute atomic E-state index is 14.8. The van der Waals surface area contributed by atoms with Gasteiger partial charge in [-0.25, -0.2) is 14.1 Å². The molecule has 2 aliphatic heterocycles. The van der Waals surface area contributed by atoms with Gasteiger partial charge in [-0.1, -0.05) is 13.8 Å². The van der Waals surface area contributed by atoms with Gasteiger partial charge in [-0.3, -0.25) is 0 Å². The molecule has 3 rings (SSSR count). The molecule has 1 fully saturated rings. The Labute approximate surface area is 137 Å². The Bertz CT molecular complexity index is 584. The molecule has 2 atom stereocenters. The number of nitrogens with zero attached hydrogens (tertiary/aromatic N) is 4. The zero-order valence-electron chi connectivity index (χ0n) is 12.9. The number of hydrogen-bond acceptors (Lipinski definition) is 5. The van der Waals surface area contributed by atoms with Crippen LogP contribution in [-0.2, 0) is 9.47 Å². The lowest BCUT2D eigenvalue weighted by atomic mass is 10.1. The van der Waals surface area contributed by atoms with E-state index in [-0.39, 0.29) is 5.92 Å². The Kier molecular flexibility index (Phi) is 4.52. The summed E-state index contributed by atoms with van der Waals surface area (Å²) in [4.78, 5) is 6.49. The van der Waals surface area contributed by atoms with Crippen LogP contribution in [0.3, 0.4) is 0 Å². The van der Waals surface area contributed by atoms with Crippen molar-refractivity contribution < 1.29 is 13.9 Å². The molecule has 0 N–H and O–H groups in total. The lowest BCUT2D eigenvalue weighted by Crippen LogP contribution is -2.47. The fraction of sp³-hybridized carbons (Fsp3) is 0.714. The van der Waals surface area contributed by atoms with Gasteiger partial charge in [0.2, 0.25) is 5.96 Å². The normalized spacial score (nSPS) is 25.4. The molecule has 0 aliphatic carbocycles. The Morgan fingerprint density at radius 1 is 1.36 bits per heavy atom. The fourth-order valence-corrected chi connectivity index (χ4v) is 3.63. The molecule has 122 valence electrons. The van der Waals surface area contributed by atoms with Gasteiger partial charge in [0.15, 0.2) is 12.4 Å². The molecule has 1 aromatic rings. The summed E-state index contributed by atoms with van der Waals surface area (Å²) in [5, 5.41) is 4.59. The van der Waals surface area contributed by atoms with Crippen molar-refractivity contribution in [1.82, 2.24) is 14.7 Å². The molecule has 1 aromatic heterocycles. The van der Waals surface area contributed by atoms with E-state index in [9.17, 15) is 4.39 Å². The van der Waals surface area contributed by atoms with Crippen LogP contribution in [0, 0.1) is 0 Å². The molecule has 0 aromatic carbocycles. The molecule has 8 heteroatoms. The largest absolute Gasteiger partial charge is 0.378 e. The summed E-state index contributed by atoms with van der Waals surface area (Å²) in [6, 6.07) is 0. The summed E-state index contributed by atoms with van der Waals surface area (Å²) >= 11 is 3.51. The number of hydrogen-bond donors (Lipinski definition) is 0. The van der Waals surface area contributed by atoms with Crippen molar-refractivity contribution >= 4 is 21.9 Å². The van der Waals surface area contributed by atoms with Gasteiger partial charge in [0, 0.05) is 20.2 Å². The van der Waals surface area contributed by atoms with Crippen molar-refractivity contribution in [3.05, 3.63) is 15.9 Å². The molecule has 2 unspecified atom stereocenters. The van der Waals surface area contributed by atoms with Crippen LogP contribution in [0.4, 0.5) is 4.39 Å². The van der Waals surface area contributed by atoms with Gasteiger partial charge in [-0.05, 0) is 21.8 Å². The zero-order chi connectivity index (χ0) is 15.9. The minimum atomic E-state index is -1.34. The molecule has 22 heavy (non-hydrogen) atoms. The SMILES string of the molecule is COC1N=C(N2CCOCC2)n2nc(C(C)C)c(Br)c2C1F. The number of morpholine rings is 1. The number of ether oxygens (including phenoxy) is 2. The molecule has 6 nitrogen and oxygen atoms in total. The summed E-state index contributed by atoms with van der Waals surface area (Å²) in [5.74, 6) is 0.818. The van der Waals surface area contributed by atoms with Crippen molar-refractivity contribution in [2.75, 3.05) is 33.4 Å². The summed E-state index contributed by atoms with van der Waals surface area (Å²) in [7, 11) is 1.47. The van der Waals surface area contributed by atoms with Crippen LogP contribution in [0.25, 0.3) is 0 Å². The molecular weight excluding hydrogens is 355 g/mol. The van der Waals surface area contributed by atoms with E-state index in [4.69, 9.17) is 9.47 Å². The van der Waals surface area contributed by atoms with Crippen LogP contribution in [0.5, 0.6) is 0 Å². The number of aliphatic imine (C=N–C) groups is 1. The molecule has 0 spiro atoms. The lowest BCUT2D eigenvalue weighted by Gasteiger charge is -2.33. The third-order valence-electron chi connectivity index (χ3n) is 3.91. The summed E-state index contributed by atoms with van der Waals surface area (Å²) in [6.45, 7) is 6.74. The second-order valence-electron chi connectivity index (χ2n) is 5.71. The number of alkyl halides is 1. The first-order valence-electron chi connectivity index (χ1n) is 7.40. The Hall–Kier alpha value is -0.990. The molecule has 2 aliphatic rings. The average molecular weight is 375 g/mol. The molecule has 3 heterocycles.